The average molecular weight is 364 g/mol. The molecule has 0 radical (unpaired) electrons. The zero-order chi connectivity index (χ0) is 15.1. The molecule has 1 fully saturated rings. The quantitative estimate of drug-likeness (QED) is 0.813. The highest BCUT2D eigenvalue weighted by Gasteiger charge is 2.32. The molecule has 1 aromatic heterocycles. The van der Waals surface area contributed by atoms with Crippen LogP contribution in [0.15, 0.2) is 24.5 Å². The molecule has 1 aliphatic rings. The summed E-state index contributed by atoms with van der Waals surface area (Å²) in [6.07, 6.45) is 6.88. The number of pyridine rings is 1. The fourth-order valence-electron chi connectivity index (χ4n) is 2.69. The molecule has 7 heteroatoms. The van der Waals surface area contributed by atoms with Gasteiger partial charge >= 0.3 is 0 Å². The Balaban J connectivity index is 0.00000242. The van der Waals surface area contributed by atoms with Crippen molar-refractivity contribution < 1.29 is 9.53 Å². The number of carbonyl (C=O) groups excluding carboxylic acids is 1. The smallest absolute Gasteiger partial charge is 0.223 e. The van der Waals surface area contributed by atoms with Crippen LogP contribution in [0.4, 0.5) is 0 Å². The predicted octanol–water partition coefficient (Wildman–Crippen LogP) is 2.46. The van der Waals surface area contributed by atoms with Crippen LogP contribution in [0.1, 0.15) is 38.2 Å². The molecule has 2 rings (SSSR count). The molecule has 1 saturated carbocycles. The fourth-order valence-corrected chi connectivity index (χ4v) is 2.69. The van der Waals surface area contributed by atoms with Crippen LogP contribution >= 0.6 is 24.8 Å². The van der Waals surface area contributed by atoms with Crippen molar-refractivity contribution in [2.45, 2.75) is 51.3 Å². The van der Waals surface area contributed by atoms with Gasteiger partial charge in [-0.15, -0.1) is 24.8 Å². The fraction of sp³-hybridized carbons (Fsp3) is 0.625. The first-order valence-corrected chi connectivity index (χ1v) is 7.74. The Morgan fingerprint density at radius 1 is 1.43 bits per heavy atom. The van der Waals surface area contributed by atoms with Gasteiger partial charge in [0, 0.05) is 37.5 Å². The Morgan fingerprint density at radius 2 is 2.22 bits per heavy atom. The Morgan fingerprint density at radius 3 is 2.87 bits per heavy atom. The number of halogens is 2. The summed E-state index contributed by atoms with van der Waals surface area (Å²) in [5.74, 6) is 0.0965. The van der Waals surface area contributed by atoms with Crippen LogP contribution in [-0.4, -0.2) is 29.6 Å². The molecular formula is C16H27Cl2N3O2. The van der Waals surface area contributed by atoms with Gasteiger partial charge in [-0.1, -0.05) is 13.0 Å². The molecule has 1 aliphatic carbocycles. The molecular weight excluding hydrogens is 337 g/mol. The number of ether oxygens (including phenoxy) is 1. The predicted molar refractivity (Wildman–Crippen MR) is 95.9 cm³/mol. The summed E-state index contributed by atoms with van der Waals surface area (Å²) in [5, 5.41) is 2.98. The van der Waals surface area contributed by atoms with Crippen molar-refractivity contribution >= 4 is 30.7 Å². The van der Waals surface area contributed by atoms with Crippen LogP contribution in [0.3, 0.4) is 0 Å². The van der Waals surface area contributed by atoms with Gasteiger partial charge in [0.2, 0.25) is 5.91 Å². The first-order chi connectivity index (χ1) is 10.2. The lowest BCUT2D eigenvalue weighted by Gasteiger charge is -2.33. The number of rotatable bonds is 6. The van der Waals surface area contributed by atoms with E-state index in [1.54, 1.807) is 12.4 Å². The standard InChI is InChI=1S/C16H25N3O2.2ClH/c1-2-8-21-15-9-13(5-6-14(15)17)16(20)19-11-12-4-3-7-18-10-12;;/h3-4,7,10,13-15H,2,5-6,8-9,11,17H2,1H3,(H,19,20);2*1H/t13-,14+,15+;;/m0../s1. The third-order valence-electron chi connectivity index (χ3n) is 3.94. The van der Waals surface area contributed by atoms with E-state index in [1.165, 1.54) is 0 Å². The first kappa shape index (κ1) is 22.1. The van der Waals surface area contributed by atoms with Gasteiger partial charge in [-0.2, -0.15) is 0 Å². The molecule has 0 unspecified atom stereocenters. The van der Waals surface area contributed by atoms with E-state index in [1.807, 2.05) is 12.1 Å². The summed E-state index contributed by atoms with van der Waals surface area (Å²) >= 11 is 0. The number of amides is 1. The Kier molecular flexibility index (Phi) is 11.2. The summed E-state index contributed by atoms with van der Waals surface area (Å²) in [5.41, 5.74) is 7.09. The van der Waals surface area contributed by atoms with Crippen LogP contribution in [0.25, 0.3) is 0 Å². The summed E-state index contributed by atoms with van der Waals surface area (Å²) in [4.78, 5) is 16.3. The summed E-state index contributed by atoms with van der Waals surface area (Å²) in [6.45, 7) is 3.31. The average Bonchev–Trinajstić information content (AvgIpc) is 2.53. The van der Waals surface area contributed by atoms with E-state index >= 15 is 0 Å². The normalized spacial score (nSPS) is 23.3. The molecule has 5 nitrogen and oxygen atoms in total. The second-order valence-electron chi connectivity index (χ2n) is 5.66. The number of nitrogens with one attached hydrogen (secondary N) is 1. The molecule has 1 amide bonds. The van der Waals surface area contributed by atoms with Gasteiger partial charge in [-0.25, -0.2) is 0 Å². The maximum Gasteiger partial charge on any atom is 0.223 e. The van der Waals surface area contributed by atoms with E-state index in [9.17, 15) is 4.79 Å². The highest BCUT2D eigenvalue weighted by atomic mass is 35.5. The van der Waals surface area contributed by atoms with Gasteiger partial charge < -0.3 is 15.8 Å². The third kappa shape index (κ3) is 7.04. The van der Waals surface area contributed by atoms with Crippen LogP contribution in [0, 0.1) is 5.92 Å². The SMILES string of the molecule is CCCO[C@@H]1C[C@@H](C(=O)NCc2cccnc2)CC[C@H]1N.Cl.Cl. The van der Waals surface area contributed by atoms with E-state index in [2.05, 4.69) is 17.2 Å². The lowest BCUT2D eigenvalue weighted by atomic mass is 9.83. The lowest BCUT2D eigenvalue weighted by Crippen LogP contribution is -2.45. The molecule has 3 N–H and O–H groups in total. The number of hydrogen-bond acceptors (Lipinski definition) is 4. The van der Waals surface area contributed by atoms with Crippen molar-refractivity contribution in [3.63, 3.8) is 0 Å². The molecule has 0 spiro atoms. The van der Waals surface area contributed by atoms with Crippen molar-refractivity contribution in [3.05, 3.63) is 30.1 Å². The maximum absolute atomic E-state index is 12.3. The first-order valence-electron chi connectivity index (χ1n) is 7.74. The van der Waals surface area contributed by atoms with Crippen LogP contribution in [-0.2, 0) is 16.1 Å². The number of nitrogens with zero attached hydrogens (tertiary/aromatic N) is 1. The van der Waals surface area contributed by atoms with Gasteiger partial charge in [0.05, 0.1) is 6.10 Å². The van der Waals surface area contributed by atoms with E-state index in [0.29, 0.717) is 13.2 Å². The van der Waals surface area contributed by atoms with Gasteiger partial charge in [-0.3, -0.25) is 9.78 Å². The monoisotopic (exact) mass is 363 g/mol. The van der Waals surface area contributed by atoms with Crippen molar-refractivity contribution in [2.24, 2.45) is 11.7 Å². The highest BCUT2D eigenvalue weighted by molar-refractivity contribution is 5.85. The Hall–Kier alpha value is -0.880. The highest BCUT2D eigenvalue weighted by Crippen LogP contribution is 2.26. The molecule has 132 valence electrons. The Labute approximate surface area is 150 Å². The number of carbonyl (C=O) groups is 1. The van der Waals surface area contributed by atoms with Crippen molar-refractivity contribution in [1.29, 1.82) is 0 Å². The number of aromatic nitrogens is 1. The number of hydrogen-bond donors (Lipinski definition) is 2. The summed E-state index contributed by atoms with van der Waals surface area (Å²) in [6, 6.07) is 3.88. The second-order valence-corrected chi connectivity index (χ2v) is 5.66. The zero-order valence-electron chi connectivity index (χ0n) is 13.4. The minimum atomic E-state index is 0. The van der Waals surface area contributed by atoms with Crippen molar-refractivity contribution in [3.8, 4) is 0 Å². The van der Waals surface area contributed by atoms with Gasteiger partial charge in [0.1, 0.15) is 0 Å². The number of nitrogens with two attached hydrogens (primary N) is 1. The van der Waals surface area contributed by atoms with Crippen molar-refractivity contribution in [2.75, 3.05) is 6.61 Å². The second kappa shape index (κ2) is 11.6. The van der Waals surface area contributed by atoms with E-state index in [4.69, 9.17) is 10.5 Å². The van der Waals surface area contributed by atoms with Crippen LogP contribution in [0.2, 0.25) is 0 Å². The van der Waals surface area contributed by atoms with E-state index in [-0.39, 0.29) is 48.8 Å². The third-order valence-corrected chi connectivity index (χ3v) is 3.94. The van der Waals surface area contributed by atoms with Crippen LogP contribution in [0.5, 0.6) is 0 Å². The Bertz CT molecular complexity index is 448. The van der Waals surface area contributed by atoms with Crippen LogP contribution < -0.4 is 11.1 Å². The van der Waals surface area contributed by atoms with Gasteiger partial charge in [0.15, 0.2) is 0 Å². The molecule has 0 aromatic carbocycles. The molecule has 1 heterocycles. The topological polar surface area (TPSA) is 77.2 Å². The molecule has 3 atom stereocenters. The molecule has 0 aliphatic heterocycles. The largest absolute Gasteiger partial charge is 0.377 e. The molecule has 0 saturated heterocycles. The van der Waals surface area contributed by atoms with Crippen molar-refractivity contribution in [1.82, 2.24) is 10.3 Å². The lowest BCUT2D eigenvalue weighted by molar-refractivity contribution is -0.128. The van der Waals surface area contributed by atoms with E-state index in [0.717, 1.165) is 31.2 Å². The molecule has 1 aromatic rings. The molecule has 23 heavy (non-hydrogen) atoms. The molecule has 0 bridgehead atoms. The van der Waals surface area contributed by atoms with Gasteiger partial charge in [-0.05, 0) is 37.3 Å². The summed E-state index contributed by atoms with van der Waals surface area (Å²) < 4.78 is 5.77. The van der Waals surface area contributed by atoms with Gasteiger partial charge in [0.25, 0.3) is 0 Å². The zero-order valence-corrected chi connectivity index (χ0v) is 15.1. The summed E-state index contributed by atoms with van der Waals surface area (Å²) in [7, 11) is 0. The maximum atomic E-state index is 12.3. The van der Waals surface area contributed by atoms with E-state index < -0.39 is 0 Å². The minimum Gasteiger partial charge on any atom is -0.377 e. The minimum absolute atomic E-state index is 0.